The summed E-state index contributed by atoms with van der Waals surface area (Å²) in [6.45, 7) is 0.846. The minimum Gasteiger partial charge on any atom is -0.393 e. The van der Waals surface area contributed by atoms with E-state index in [2.05, 4.69) is 13.6 Å². The van der Waals surface area contributed by atoms with E-state index < -0.39 is 83.3 Å². The molecule has 0 amide bonds. The molecule has 0 spiro atoms. The fourth-order valence-electron chi connectivity index (χ4n) is 4.81. The van der Waals surface area contributed by atoms with Gasteiger partial charge in [0.2, 0.25) is 0 Å². The number of methoxy groups -OCH3 is 2. The quantitative estimate of drug-likeness (QED) is 0.0366. The van der Waals surface area contributed by atoms with Crippen LogP contribution in [0.5, 0.6) is 0 Å². The van der Waals surface area contributed by atoms with Gasteiger partial charge in [-0.1, -0.05) is 5.04 Å². The lowest BCUT2D eigenvalue weighted by Crippen LogP contribution is -2.65. The van der Waals surface area contributed by atoms with Crippen molar-refractivity contribution in [2.24, 2.45) is 11.8 Å². The Hall–Kier alpha value is -0.300. The van der Waals surface area contributed by atoms with E-state index in [0.717, 1.165) is 0 Å². The van der Waals surface area contributed by atoms with Crippen LogP contribution in [0, 0.1) is 11.8 Å². The van der Waals surface area contributed by atoms with Gasteiger partial charge < -0.3 is 44.1 Å². The molecule has 2 aliphatic heterocycles. The molecule has 2 fully saturated rings. The first kappa shape index (κ1) is 34.9. The Morgan fingerprint density at radius 1 is 0.897 bits per heavy atom. The van der Waals surface area contributed by atoms with Crippen molar-refractivity contribution < 1.29 is 80.1 Å². The smallest absolute Gasteiger partial charge is 0.393 e. The average Bonchev–Trinajstić information content (AvgIpc) is 2.87. The maximum atomic E-state index is 11.2. The van der Waals surface area contributed by atoms with Gasteiger partial charge in [-0.2, -0.15) is 8.42 Å². The molecule has 2 saturated heterocycles. The summed E-state index contributed by atoms with van der Waals surface area (Å²) in [5, 5.41) is 54.2. The number of aliphatic hydroxyl groups excluding tert-OH is 4. The van der Waals surface area contributed by atoms with Crippen LogP contribution in [0.15, 0.2) is 0 Å². The van der Waals surface area contributed by atoms with E-state index >= 15 is 0 Å². The molecule has 6 N–H and O–H groups in total. The maximum Gasteiger partial charge on any atom is 0.397 e. The molecule has 39 heavy (non-hydrogen) atoms. The van der Waals surface area contributed by atoms with Crippen molar-refractivity contribution in [1.82, 2.24) is 0 Å². The molecule has 2 rings (SSSR count). The Bertz CT molecular complexity index is 835. The molecule has 0 radical (unpaired) electrons. The average molecular weight is 615 g/mol. The Morgan fingerprint density at radius 2 is 1.51 bits per heavy atom. The topological polar surface area (TPSA) is 239 Å². The Kier molecular flexibility index (Phi) is 13.6. The molecule has 17 nitrogen and oxygen atoms in total. The number of hydrogen-bond acceptors (Lipinski definition) is 17. The van der Waals surface area contributed by atoms with Crippen molar-refractivity contribution in [1.29, 1.82) is 0 Å². The lowest BCUT2D eigenvalue weighted by molar-refractivity contribution is -0.435. The zero-order valence-electron chi connectivity index (χ0n) is 21.9. The number of hydrogen-bond donors (Lipinski definition) is 6. The molecule has 0 bridgehead atoms. The van der Waals surface area contributed by atoms with Crippen molar-refractivity contribution in [3.63, 3.8) is 0 Å². The van der Waals surface area contributed by atoms with E-state index in [-0.39, 0.29) is 38.8 Å². The van der Waals surface area contributed by atoms with Crippen LogP contribution in [-0.4, -0.2) is 140 Å². The molecule has 232 valence electrons. The number of ether oxygens (including phenoxy) is 5. The lowest BCUT2D eigenvalue weighted by atomic mass is 9.79. The standard InChI is InChI=1S/C20H38O17S2/c1-19(9-21)18(35-38-37-36-25)11(5-29-3)15(22)14(33-19)8-31-6-12-16(23)17(24)13(7-30-4)34-20(12,2)10-32-39(26,27)28/h11-18,21-25H,5-10H2,1-4H3,(H,26,27,28)/t11-,12+,13+,14-,15?,16+,17?,18-,19?,20?/m0/s1. The van der Waals surface area contributed by atoms with Crippen LogP contribution in [0.4, 0.5) is 0 Å². The zero-order chi connectivity index (χ0) is 29.4. The first-order chi connectivity index (χ1) is 18.3. The first-order valence-corrected chi connectivity index (χ1v) is 13.8. The Balaban J connectivity index is 2.18. The van der Waals surface area contributed by atoms with Crippen molar-refractivity contribution in [3.05, 3.63) is 0 Å². The van der Waals surface area contributed by atoms with E-state index in [0.29, 0.717) is 0 Å². The summed E-state index contributed by atoms with van der Waals surface area (Å²) < 4.78 is 73.3. The molecule has 0 saturated carbocycles. The fraction of sp³-hybridized carbons (Fsp3) is 1.00. The van der Waals surface area contributed by atoms with Crippen LogP contribution in [0.3, 0.4) is 0 Å². The first-order valence-electron chi connectivity index (χ1n) is 11.7. The van der Waals surface area contributed by atoms with Crippen LogP contribution < -0.4 is 0 Å². The van der Waals surface area contributed by atoms with Gasteiger partial charge in [-0.15, -0.1) is 4.33 Å². The highest BCUT2D eigenvalue weighted by Crippen LogP contribution is 2.39. The van der Waals surface area contributed by atoms with E-state index in [1.165, 1.54) is 28.1 Å². The van der Waals surface area contributed by atoms with Crippen molar-refractivity contribution >= 4 is 22.7 Å². The highest BCUT2D eigenvalue weighted by molar-refractivity contribution is 7.89. The maximum absolute atomic E-state index is 11.2. The SMILES string of the molecule is COC[C@H]1OC(C)(COS(=O)(=O)O)[C@H](COC[C@@H]2OC(C)(CO)[C@@H](OSOOO)[C@@H](COC)C2O)[C@@H](O)C1O. The summed E-state index contributed by atoms with van der Waals surface area (Å²) in [5.74, 6) is -1.86. The molecule has 10 atom stereocenters. The predicted molar refractivity (Wildman–Crippen MR) is 128 cm³/mol. The van der Waals surface area contributed by atoms with Crippen LogP contribution in [0.2, 0.25) is 0 Å². The molecule has 0 aromatic heterocycles. The van der Waals surface area contributed by atoms with Gasteiger partial charge in [0.15, 0.2) is 12.3 Å². The second kappa shape index (κ2) is 15.3. The van der Waals surface area contributed by atoms with Crippen molar-refractivity contribution in [2.45, 2.75) is 61.7 Å². The van der Waals surface area contributed by atoms with E-state index in [9.17, 15) is 28.8 Å². The molecular formula is C20H38O17S2. The highest BCUT2D eigenvalue weighted by Gasteiger charge is 2.54. The minimum absolute atomic E-state index is 0.0326. The van der Waals surface area contributed by atoms with Crippen LogP contribution in [-0.2, 0) is 51.8 Å². The molecule has 4 unspecified atom stereocenters. The molecule has 0 aliphatic carbocycles. The number of aliphatic hydroxyl groups is 4. The Labute approximate surface area is 230 Å². The molecule has 2 aliphatic rings. The third kappa shape index (κ3) is 9.09. The molecule has 0 aromatic rings. The van der Waals surface area contributed by atoms with Gasteiger partial charge in [-0.3, -0.25) is 8.74 Å². The predicted octanol–water partition coefficient (Wildman–Crippen LogP) is -1.89. The molecule has 2 heterocycles. The summed E-state index contributed by atoms with van der Waals surface area (Å²) in [6.07, 6.45) is -7.28. The van der Waals surface area contributed by atoms with Gasteiger partial charge in [0.05, 0.1) is 57.5 Å². The Morgan fingerprint density at radius 3 is 2.08 bits per heavy atom. The lowest BCUT2D eigenvalue weighted by Gasteiger charge is -2.50. The fourth-order valence-corrected chi connectivity index (χ4v) is 5.68. The molecular weight excluding hydrogens is 576 g/mol. The van der Waals surface area contributed by atoms with E-state index in [4.69, 9.17) is 37.7 Å². The van der Waals surface area contributed by atoms with Crippen LogP contribution in [0.1, 0.15) is 13.8 Å². The summed E-state index contributed by atoms with van der Waals surface area (Å²) in [4.78, 5) is 0. The summed E-state index contributed by atoms with van der Waals surface area (Å²) >= 11 is 0.249. The normalized spacial score (nSPS) is 39.6. The van der Waals surface area contributed by atoms with Crippen LogP contribution >= 0.6 is 12.3 Å². The van der Waals surface area contributed by atoms with Gasteiger partial charge in [-0.05, 0) is 13.8 Å². The van der Waals surface area contributed by atoms with Crippen LogP contribution in [0.25, 0.3) is 0 Å². The van der Waals surface area contributed by atoms with E-state index in [1.54, 1.807) is 0 Å². The minimum atomic E-state index is -4.86. The largest absolute Gasteiger partial charge is 0.397 e. The highest BCUT2D eigenvalue weighted by atomic mass is 32.3. The second-order valence-electron chi connectivity index (χ2n) is 9.70. The summed E-state index contributed by atoms with van der Waals surface area (Å²) in [5.41, 5.74) is -2.98. The zero-order valence-corrected chi connectivity index (χ0v) is 23.5. The number of rotatable bonds is 16. The van der Waals surface area contributed by atoms with Crippen molar-refractivity contribution in [3.8, 4) is 0 Å². The summed E-state index contributed by atoms with van der Waals surface area (Å²) in [7, 11) is -2.12. The van der Waals surface area contributed by atoms with Gasteiger partial charge in [0, 0.05) is 26.1 Å². The van der Waals surface area contributed by atoms with Gasteiger partial charge in [-0.25, -0.2) is 9.44 Å². The van der Waals surface area contributed by atoms with E-state index in [1.807, 2.05) is 0 Å². The third-order valence-corrected chi connectivity index (χ3v) is 7.68. The monoisotopic (exact) mass is 614 g/mol. The van der Waals surface area contributed by atoms with Gasteiger partial charge in [0.25, 0.3) is 0 Å². The summed E-state index contributed by atoms with van der Waals surface area (Å²) in [6, 6.07) is 0. The second-order valence-corrected chi connectivity index (χ2v) is 11.3. The molecule has 19 heteroatoms. The van der Waals surface area contributed by atoms with Crippen molar-refractivity contribution in [2.75, 3.05) is 53.9 Å². The molecule has 0 aromatic carbocycles. The van der Waals surface area contributed by atoms with Gasteiger partial charge in [0.1, 0.15) is 30.0 Å². The third-order valence-electron chi connectivity index (χ3n) is 6.86. The van der Waals surface area contributed by atoms with Gasteiger partial charge >= 0.3 is 10.4 Å².